The molecule has 0 amide bonds. The summed E-state index contributed by atoms with van der Waals surface area (Å²) in [6.07, 6.45) is 3.84. The number of nitrogens with one attached hydrogen (secondary N) is 1. The van der Waals surface area contributed by atoms with Crippen molar-refractivity contribution in [2.45, 2.75) is 25.7 Å². The van der Waals surface area contributed by atoms with E-state index in [1.807, 2.05) is 6.07 Å². The topological polar surface area (TPSA) is 67.6 Å². The maximum Gasteiger partial charge on any atom is 0.177 e. The van der Waals surface area contributed by atoms with Gasteiger partial charge in [-0.1, -0.05) is 6.92 Å². The minimum absolute atomic E-state index is 0.400. The lowest BCUT2D eigenvalue weighted by Gasteiger charge is -2.05. The van der Waals surface area contributed by atoms with E-state index in [2.05, 4.69) is 37.8 Å². The average molecular weight is 283 g/mol. The predicted octanol–water partition coefficient (Wildman–Crippen LogP) is 2.56. The van der Waals surface area contributed by atoms with Crippen molar-refractivity contribution in [1.82, 2.24) is 15.0 Å². The number of hydrogen-bond acceptors (Lipinski definition) is 3. The molecule has 0 fully saturated rings. The Kier molecular flexibility index (Phi) is 3.56. The normalized spacial score (nSPS) is 13.2. The minimum atomic E-state index is 0.400. The summed E-state index contributed by atoms with van der Waals surface area (Å²) in [4.78, 5) is 12.0. The third-order valence-corrected chi connectivity index (χ3v) is 3.06. The molecule has 2 rings (SSSR count). The van der Waals surface area contributed by atoms with Crippen molar-refractivity contribution < 1.29 is 0 Å². The van der Waals surface area contributed by atoms with Crippen LogP contribution in [0.4, 0.5) is 0 Å². The minimum Gasteiger partial charge on any atom is -0.340 e. The molecule has 0 saturated carbocycles. The van der Waals surface area contributed by atoms with Gasteiger partial charge < -0.3 is 10.7 Å². The van der Waals surface area contributed by atoms with Crippen LogP contribution in [0.5, 0.6) is 0 Å². The highest BCUT2D eigenvalue weighted by atomic mass is 79.9. The summed E-state index contributed by atoms with van der Waals surface area (Å²) in [6, 6.07) is 1.99. The Morgan fingerprint density at radius 3 is 3.12 bits per heavy atom. The van der Waals surface area contributed by atoms with Gasteiger partial charge in [0, 0.05) is 16.6 Å². The summed E-state index contributed by atoms with van der Waals surface area (Å²) in [5.74, 6) is 1.39. The third-order valence-electron chi connectivity index (χ3n) is 2.63. The zero-order chi connectivity index (χ0) is 11.5. The number of fused-ring (bicyclic) bond motifs is 1. The van der Waals surface area contributed by atoms with Gasteiger partial charge in [-0.25, -0.2) is 9.97 Å². The molecule has 86 valence electrons. The molecule has 0 saturated heterocycles. The average Bonchev–Trinajstić information content (AvgIpc) is 2.68. The quantitative estimate of drug-likeness (QED) is 0.906. The lowest BCUT2D eigenvalue weighted by Crippen LogP contribution is -2.02. The number of hydrogen-bond donors (Lipinski definition) is 2. The molecule has 5 heteroatoms. The van der Waals surface area contributed by atoms with Crippen molar-refractivity contribution in [1.29, 1.82) is 0 Å². The predicted molar refractivity (Wildman–Crippen MR) is 68.3 cm³/mol. The largest absolute Gasteiger partial charge is 0.340 e. The number of nitrogens with zero attached hydrogens (tertiary/aromatic N) is 2. The van der Waals surface area contributed by atoms with Crippen LogP contribution < -0.4 is 5.73 Å². The zero-order valence-electron chi connectivity index (χ0n) is 9.20. The van der Waals surface area contributed by atoms with Gasteiger partial charge in [0.1, 0.15) is 5.82 Å². The SMILES string of the molecule is CC(CCCN)c1nc2ncc(Br)cc2[nH]1. The molecule has 1 unspecified atom stereocenters. The van der Waals surface area contributed by atoms with E-state index in [0.717, 1.165) is 40.8 Å². The van der Waals surface area contributed by atoms with E-state index in [4.69, 9.17) is 5.73 Å². The van der Waals surface area contributed by atoms with Crippen LogP contribution in [0, 0.1) is 0 Å². The first-order valence-corrected chi connectivity index (χ1v) is 6.21. The van der Waals surface area contributed by atoms with Crippen molar-refractivity contribution in [2.24, 2.45) is 5.73 Å². The van der Waals surface area contributed by atoms with Gasteiger partial charge in [0.2, 0.25) is 0 Å². The molecule has 0 spiro atoms. The van der Waals surface area contributed by atoms with Gasteiger partial charge in [0.25, 0.3) is 0 Å². The molecule has 3 N–H and O–H groups in total. The Morgan fingerprint density at radius 2 is 2.38 bits per heavy atom. The van der Waals surface area contributed by atoms with E-state index in [1.54, 1.807) is 6.20 Å². The second-order valence-electron chi connectivity index (χ2n) is 3.98. The lowest BCUT2D eigenvalue weighted by molar-refractivity contribution is 0.616. The number of aromatic nitrogens is 3. The van der Waals surface area contributed by atoms with E-state index in [1.165, 1.54) is 0 Å². The van der Waals surface area contributed by atoms with Gasteiger partial charge in [0.15, 0.2) is 5.65 Å². The maximum atomic E-state index is 5.50. The number of rotatable bonds is 4. The van der Waals surface area contributed by atoms with E-state index < -0.39 is 0 Å². The monoisotopic (exact) mass is 282 g/mol. The van der Waals surface area contributed by atoms with Crippen molar-refractivity contribution in [3.63, 3.8) is 0 Å². The number of imidazole rings is 1. The lowest BCUT2D eigenvalue weighted by atomic mass is 10.1. The van der Waals surface area contributed by atoms with Crippen molar-refractivity contribution in [3.05, 3.63) is 22.6 Å². The molecule has 0 bridgehead atoms. The van der Waals surface area contributed by atoms with Crippen LogP contribution in [0.3, 0.4) is 0 Å². The summed E-state index contributed by atoms with van der Waals surface area (Å²) in [5.41, 5.74) is 7.25. The van der Waals surface area contributed by atoms with Crippen LogP contribution in [0.15, 0.2) is 16.7 Å². The van der Waals surface area contributed by atoms with Crippen molar-refractivity contribution in [2.75, 3.05) is 6.54 Å². The number of aromatic amines is 1. The number of H-pyrrole nitrogens is 1. The molecule has 0 radical (unpaired) electrons. The number of pyridine rings is 1. The van der Waals surface area contributed by atoms with Crippen LogP contribution in [-0.4, -0.2) is 21.5 Å². The smallest absolute Gasteiger partial charge is 0.177 e. The first-order valence-electron chi connectivity index (χ1n) is 5.42. The third kappa shape index (κ3) is 2.41. The van der Waals surface area contributed by atoms with Crippen molar-refractivity contribution >= 4 is 27.1 Å². The van der Waals surface area contributed by atoms with Gasteiger partial charge in [-0.2, -0.15) is 0 Å². The Morgan fingerprint density at radius 1 is 1.56 bits per heavy atom. The Hall–Kier alpha value is -0.940. The first-order chi connectivity index (χ1) is 7.70. The molecule has 1 atom stereocenters. The fourth-order valence-corrected chi connectivity index (χ4v) is 2.02. The molecule has 4 nitrogen and oxygen atoms in total. The molecule has 0 aliphatic carbocycles. The molecule has 0 aromatic carbocycles. The van der Waals surface area contributed by atoms with E-state index in [-0.39, 0.29) is 0 Å². The summed E-state index contributed by atoms with van der Waals surface area (Å²) in [5, 5.41) is 0. The highest BCUT2D eigenvalue weighted by Crippen LogP contribution is 2.21. The molecule has 2 aromatic heterocycles. The van der Waals surface area contributed by atoms with E-state index in [9.17, 15) is 0 Å². The van der Waals surface area contributed by atoms with Crippen LogP contribution in [0.2, 0.25) is 0 Å². The highest BCUT2D eigenvalue weighted by Gasteiger charge is 2.11. The van der Waals surface area contributed by atoms with Crippen LogP contribution in [0.25, 0.3) is 11.2 Å². The van der Waals surface area contributed by atoms with Gasteiger partial charge in [0.05, 0.1) is 5.52 Å². The van der Waals surface area contributed by atoms with Crippen LogP contribution >= 0.6 is 15.9 Å². The van der Waals surface area contributed by atoms with Crippen LogP contribution in [-0.2, 0) is 0 Å². The van der Waals surface area contributed by atoms with E-state index in [0.29, 0.717) is 5.92 Å². The molecule has 2 aromatic rings. The summed E-state index contributed by atoms with van der Waals surface area (Å²) in [7, 11) is 0. The summed E-state index contributed by atoms with van der Waals surface area (Å²) >= 11 is 3.39. The van der Waals surface area contributed by atoms with Gasteiger partial charge in [-0.3, -0.25) is 0 Å². The molecule has 16 heavy (non-hydrogen) atoms. The molecule has 0 aliphatic heterocycles. The molecular formula is C11H15BrN4. The van der Waals surface area contributed by atoms with Crippen LogP contribution in [0.1, 0.15) is 31.5 Å². The first kappa shape index (κ1) is 11.5. The maximum absolute atomic E-state index is 5.50. The second-order valence-corrected chi connectivity index (χ2v) is 4.89. The molecular weight excluding hydrogens is 268 g/mol. The fourth-order valence-electron chi connectivity index (χ4n) is 1.69. The van der Waals surface area contributed by atoms with Gasteiger partial charge in [-0.15, -0.1) is 0 Å². The molecule has 0 aliphatic rings. The number of halogens is 1. The Bertz CT molecular complexity index is 480. The summed E-state index contributed by atoms with van der Waals surface area (Å²) in [6.45, 7) is 2.89. The van der Waals surface area contributed by atoms with Crippen molar-refractivity contribution in [3.8, 4) is 0 Å². The fraction of sp³-hybridized carbons (Fsp3) is 0.455. The summed E-state index contributed by atoms with van der Waals surface area (Å²) < 4.78 is 0.963. The Labute approximate surface area is 103 Å². The van der Waals surface area contributed by atoms with Gasteiger partial charge in [-0.05, 0) is 41.4 Å². The van der Waals surface area contributed by atoms with E-state index >= 15 is 0 Å². The van der Waals surface area contributed by atoms with Gasteiger partial charge >= 0.3 is 0 Å². The Balaban J connectivity index is 2.25. The standard InChI is InChI=1S/C11H15BrN4/c1-7(3-2-4-13)10-15-9-5-8(12)6-14-11(9)16-10/h5-7H,2-4,13H2,1H3,(H,14,15,16). The zero-order valence-corrected chi connectivity index (χ0v) is 10.8. The number of nitrogens with two attached hydrogens (primary N) is 1. The second kappa shape index (κ2) is 4.93. The molecule has 2 heterocycles. The highest BCUT2D eigenvalue weighted by molar-refractivity contribution is 9.10.